The maximum atomic E-state index is 12.6. The molecule has 0 bridgehead atoms. The number of carboxylic acids is 1. The number of aliphatic carboxylic acids is 1. The van der Waals surface area contributed by atoms with Crippen LogP contribution in [0.25, 0.3) is 0 Å². The lowest BCUT2D eigenvalue weighted by atomic mass is 9.94. The van der Waals surface area contributed by atoms with Gasteiger partial charge in [0.2, 0.25) is 0 Å². The fourth-order valence-electron chi connectivity index (χ4n) is 4.22. The van der Waals surface area contributed by atoms with E-state index in [0.29, 0.717) is 38.8 Å². The first kappa shape index (κ1) is 23.2. The fraction of sp³-hybridized carbons (Fsp3) is 0.895. The lowest BCUT2D eigenvalue weighted by molar-refractivity contribution is -0.318. The maximum absolute atomic E-state index is 12.6. The van der Waals surface area contributed by atoms with Gasteiger partial charge in [-0.15, -0.1) is 0 Å². The molecule has 0 aromatic carbocycles. The normalized spacial score (nSPS) is 38.3. The number of hydrogen-bond donors (Lipinski definition) is 5. The van der Waals surface area contributed by atoms with Crippen LogP contribution in [0.5, 0.6) is 0 Å². The van der Waals surface area contributed by atoms with Crippen molar-refractivity contribution in [1.29, 1.82) is 0 Å². The molecule has 2 saturated heterocycles. The predicted molar refractivity (Wildman–Crippen MR) is 99.3 cm³/mol. The number of rotatable bonds is 5. The van der Waals surface area contributed by atoms with Gasteiger partial charge in [-0.25, -0.2) is 4.79 Å². The van der Waals surface area contributed by atoms with Crippen LogP contribution in [0.1, 0.15) is 38.5 Å². The molecule has 0 aromatic heterocycles. The minimum Gasteiger partial charge on any atom is -0.481 e. The number of ether oxygens (including phenoxy) is 3. The van der Waals surface area contributed by atoms with E-state index >= 15 is 0 Å². The smallest absolute Gasteiger partial charge is 0.410 e. The molecule has 0 radical (unpaired) electrons. The minimum absolute atomic E-state index is 0.306. The summed E-state index contributed by atoms with van der Waals surface area (Å²) in [4.78, 5) is 25.1. The van der Waals surface area contributed by atoms with Gasteiger partial charge in [-0.1, -0.05) is 6.42 Å². The molecule has 5 N–H and O–H groups in total. The Balaban J connectivity index is 1.57. The van der Waals surface area contributed by atoms with Gasteiger partial charge in [0.1, 0.15) is 30.5 Å². The van der Waals surface area contributed by atoms with E-state index in [1.165, 1.54) is 4.90 Å². The van der Waals surface area contributed by atoms with Crippen molar-refractivity contribution in [2.75, 3.05) is 19.7 Å². The molecular formula is C19H31NO10. The van der Waals surface area contributed by atoms with E-state index in [2.05, 4.69) is 0 Å². The van der Waals surface area contributed by atoms with E-state index in [4.69, 9.17) is 19.3 Å². The van der Waals surface area contributed by atoms with Crippen molar-refractivity contribution < 1.29 is 49.3 Å². The lowest BCUT2D eigenvalue weighted by Crippen LogP contribution is -2.60. The summed E-state index contributed by atoms with van der Waals surface area (Å²) < 4.78 is 16.8. The SMILES string of the molecule is O=C(O)C1CCN(C(=O)OC2CCCCC2O[C@@H]2OC(CO)[C@H](O)C(O)C2O)CC1. The van der Waals surface area contributed by atoms with Crippen LogP contribution < -0.4 is 0 Å². The summed E-state index contributed by atoms with van der Waals surface area (Å²) in [5.74, 6) is -1.31. The zero-order valence-corrected chi connectivity index (χ0v) is 16.7. The van der Waals surface area contributed by atoms with E-state index in [9.17, 15) is 30.0 Å². The molecule has 3 rings (SSSR count). The van der Waals surface area contributed by atoms with E-state index < -0.39 is 67.5 Å². The molecule has 2 aliphatic heterocycles. The van der Waals surface area contributed by atoms with Gasteiger partial charge < -0.3 is 44.6 Å². The van der Waals surface area contributed by atoms with Crippen molar-refractivity contribution in [3.63, 3.8) is 0 Å². The van der Waals surface area contributed by atoms with Crippen molar-refractivity contribution in [1.82, 2.24) is 4.90 Å². The number of likely N-dealkylation sites (tertiary alicyclic amines) is 1. The van der Waals surface area contributed by atoms with Gasteiger partial charge in [0.25, 0.3) is 0 Å². The molecule has 0 spiro atoms. The standard InChI is InChI=1S/C19H31NO10/c21-9-13-14(22)15(23)16(24)18(29-13)28-11-3-1-2-4-12(11)30-19(27)20-7-5-10(6-8-20)17(25)26/h10-16,18,21-24H,1-9H2,(H,25,26)/t11?,12?,13?,14-,15?,16?,18+/m0/s1. The van der Waals surface area contributed by atoms with Crippen molar-refractivity contribution in [3.05, 3.63) is 0 Å². The van der Waals surface area contributed by atoms with Gasteiger partial charge >= 0.3 is 12.1 Å². The average Bonchev–Trinajstić information content (AvgIpc) is 2.75. The minimum atomic E-state index is -1.54. The molecule has 172 valence electrons. The van der Waals surface area contributed by atoms with E-state index in [0.717, 1.165) is 12.8 Å². The highest BCUT2D eigenvalue weighted by Crippen LogP contribution is 2.30. The monoisotopic (exact) mass is 433 g/mol. The molecule has 1 amide bonds. The number of carbonyl (C=O) groups excluding carboxylic acids is 1. The van der Waals surface area contributed by atoms with Gasteiger partial charge in [-0.3, -0.25) is 4.79 Å². The highest BCUT2D eigenvalue weighted by molar-refractivity contribution is 5.71. The second-order valence-corrected chi connectivity index (χ2v) is 8.18. The van der Waals surface area contributed by atoms with Gasteiger partial charge in [0.05, 0.1) is 18.6 Å². The summed E-state index contributed by atoms with van der Waals surface area (Å²) in [5.41, 5.74) is 0. The molecule has 3 aliphatic rings. The second-order valence-electron chi connectivity index (χ2n) is 8.18. The van der Waals surface area contributed by atoms with Crippen molar-refractivity contribution in [2.45, 2.75) is 81.4 Å². The summed E-state index contributed by atoms with van der Waals surface area (Å²) in [7, 11) is 0. The Bertz CT molecular complexity index is 594. The Morgan fingerprint density at radius 3 is 2.17 bits per heavy atom. The number of amides is 1. The summed E-state index contributed by atoms with van der Waals surface area (Å²) in [6.45, 7) is 0.0572. The second kappa shape index (κ2) is 10.2. The molecular weight excluding hydrogens is 402 g/mol. The first-order valence-corrected chi connectivity index (χ1v) is 10.5. The Labute approximate surface area is 174 Å². The topological polar surface area (TPSA) is 166 Å². The number of nitrogens with zero attached hydrogens (tertiary/aromatic N) is 1. The van der Waals surface area contributed by atoms with Crippen LogP contribution in [0.2, 0.25) is 0 Å². The largest absolute Gasteiger partial charge is 0.481 e. The molecule has 1 aliphatic carbocycles. The molecule has 2 heterocycles. The molecule has 3 fully saturated rings. The number of hydrogen-bond acceptors (Lipinski definition) is 9. The quantitative estimate of drug-likeness (QED) is 0.365. The van der Waals surface area contributed by atoms with Crippen molar-refractivity contribution in [3.8, 4) is 0 Å². The van der Waals surface area contributed by atoms with Crippen LogP contribution in [0.3, 0.4) is 0 Å². The van der Waals surface area contributed by atoms with Crippen molar-refractivity contribution in [2.24, 2.45) is 5.92 Å². The number of piperidine rings is 1. The average molecular weight is 433 g/mol. The number of aliphatic hydroxyl groups is 4. The summed E-state index contributed by atoms with van der Waals surface area (Å²) >= 11 is 0. The Hall–Kier alpha value is -1.50. The number of carboxylic acid groups (broad SMARTS) is 1. The van der Waals surface area contributed by atoms with Crippen LogP contribution in [-0.2, 0) is 19.0 Å². The lowest BCUT2D eigenvalue weighted by Gasteiger charge is -2.42. The third kappa shape index (κ3) is 5.21. The summed E-state index contributed by atoms with van der Waals surface area (Å²) in [6, 6.07) is 0. The molecule has 30 heavy (non-hydrogen) atoms. The molecule has 1 saturated carbocycles. The zero-order chi connectivity index (χ0) is 21.8. The van der Waals surface area contributed by atoms with Crippen LogP contribution in [0.4, 0.5) is 4.79 Å². The van der Waals surface area contributed by atoms with Gasteiger partial charge in [0.15, 0.2) is 6.29 Å². The Kier molecular flexibility index (Phi) is 7.88. The van der Waals surface area contributed by atoms with Crippen LogP contribution in [0.15, 0.2) is 0 Å². The van der Waals surface area contributed by atoms with E-state index in [1.54, 1.807) is 0 Å². The summed E-state index contributed by atoms with van der Waals surface area (Å²) in [6.07, 6.45) is -5.09. The molecule has 0 aromatic rings. The first-order valence-electron chi connectivity index (χ1n) is 10.5. The van der Waals surface area contributed by atoms with Gasteiger partial charge in [-0.2, -0.15) is 0 Å². The Morgan fingerprint density at radius 2 is 1.57 bits per heavy atom. The van der Waals surface area contributed by atoms with Crippen LogP contribution >= 0.6 is 0 Å². The first-order chi connectivity index (χ1) is 14.3. The number of aliphatic hydroxyl groups excluding tert-OH is 4. The third-order valence-corrected chi connectivity index (χ3v) is 6.15. The van der Waals surface area contributed by atoms with E-state index in [1.807, 2.05) is 0 Å². The van der Waals surface area contributed by atoms with Gasteiger partial charge in [0, 0.05) is 13.1 Å². The zero-order valence-electron chi connectivity index (χ0n) is 16.7. The van der Waals surface area contributed by atoms with Crippen molar-refractivity contribution >= 4 is 12.1 Å². The van der Waals surface area contributed by atoms with Gasteiger partial charge in [-0.05, 0) is 32.1 Å². The molecule has 11 nitrogen and oxygen atoms in total. The maximum Gasteiger partial charge on any atom is 0.410 e. The van der Waals surface area contributed by atoms with Crippen LogP contribution in [-0.4, -0.2) is 105 Å². The summed E-state index contributed by atoms with van der Waals surface area (Å²) in [5, 5.41) is 48.4. The van der Waals surface area contributed by atoms with Crippen LogP contribution in [0, 0.1) is 5.92 Å². The highest BCUT2D eigenvalue weighted by Gasteiger charge is 2.46. The fourth-order valence-corrected chi connectivity index (χ4v) is 4.22. The highest BCUT2D eigenvalue weighted by atomic mass is 16.7. The van der Waals surface area contributed by atoms with E-state index in [-0.39, 0.29) is 0 Å². The number of carbonyl (C=O) groups is 2. The predicted octanol–water partition coefficient (Wildman–Crippen LogP) is -0.953. The molecule has 11 heteroatoms. The Morgan fingerprint density at radius 1 is 0.933 bits per heavy atom. The third-order valence-electron chi connectivity index (χ3n) is 6.15. The molecule has 7 atom stereocenters. The molecule has 5 unspecified atom stereocenters.